The minimum absolute atomic E-state index is 0.0330. The molecule has 4 N–H and O–H groups in total. The molecule has 144 valence electrons. The standard InChI is InChI=1S/C17H14N4O5S2/c18-28(23,24)12-4-1-10(2-5-12)19-16(22)13-8-27-17(21-13)20-11-3-6-14-15(7-11)26-9-25-14/h1-8H,9H2,(H,19,22)(H,20,21)(H2,18,23,24). The lowest BCUT2D eigenvalue weighted by Crippen LogP contribution is -2.14. The zero-order chi connectivity index (χ0) is 19.7. The number of carbonyl (C=O) groups is 1. The molecule has 4 rings (SSSR count). The third-order valence-corrected chi connectivity index (χ3v) is 5.49. The third kappa shape index (κ3) is 3.91. The maximum absolute atomic E-state index is 12.3. The van der Waals surface area contributed by atoms with Crippen LogP contribution in [0.4, 0.5) is 16.5 Å². The molecule has 1 aliphatic heterocycles. The summed E-state index contributed by atoms with van der Waals surface area (Å²) in [6, 6.07) is 10.9. The predicted octanol–water partition coefficient (Wildman–Crippen LogP) is 2.52. The van der Waals surface area contributed by atoms with Crippen LogP contribution < -0.4 is 25.2 Å². The van der Waals surface area contributed by atoms with E-state index in [0.29, 0.717) is 22.3 Å². The Morgan fingerprint density at radius 1 is 1.07 bits per heavy atom. The van der Waals surface area contributed by atoms with Crippen molar-refractivity contribution in [1.82, 2.24) is 4.98 Å². The van der Waals surface area contributed by atoms with Crippen molar-refractivity contribution in [2.24, 2.45) is 5.14 Å². The molecular weight excluding hydrogens is 404 g/mol. The number of anilines is 3. The highest BCUT2D eigenvalue weighted by Crippen LogP contribution is 2.35. The van der Waals surface area contributed by atoms with Crippen molar-refractivity contribution >= 4 is 43.8 Å². The molecule has 2 aromatic carbocycles. The second-order valence-electron chi connectivity index (χ2n) is 5.75. The van der Waals surface area contributed by atoms with E-state index in [-0.39, 0.29) is 17.4 Å². The van der Waals surface area contributed by atoms with Gasteiger partial charge in [0.15, 0.2) is 16.6 Å². The molecule has 0 spiro atoms. The van der Waals surface area contributed by atoms with Gasteiger partial charge in [-0.05, 0) is 36.4 Å². The summed E-state index contributed by atoms with van der Waals surface area (Å²) in [6.07, 6.45) is 0. The van der Waals surface area contributed by atoms with E-state index in [0.717, 1.165) is 5.69 Å². The lowest BCUT2D eigenvalue weighted by molar-refractivity contribution is 0.102. The molecule has 1 aliphatic rings. The molecule has 9 nitrogen and oxygen atoms in total. The lowest BCUT2D eigenvalue weighted by atomic mass is 10.3. The summed E-state index contributed by atoms with van der Waals surface area (Å²) in [7, 11) is -3.78. The number of nitrogens with zero attached hydrogens (tertiary/aromatic N) is 1. The highest BCUT2D eigenvalue weighted by atomic mass is 32.2. The molecule has 1 amide bonds. The van der Waals surface area contributed by atoms with Crippen molar-refractivity contribution in [1.29, 1.82) is 0 Å². The number of rotatable bonds is 5. The van der Waals surface area contributed by atoms with E-state index in [4.69, 9.17) is 14.6 Å². The monoisotopic (exact) mass is 418 g/mol. The number of aromatic nitrogens is 1. The summed E-state index contributed by atoms with van der Waals surface area (Å²) in [5.74, 6) is 0.902. The van der Waals surface area contributed by atoms with Gasteiger partial charge in [-0.25, -0.2) is 18.5 Å². The minimum Gasteiger partial charge on any atom is -0.454 e. The number of hydrogen-bond acceptors (Lipinski definition) is 8. The molecule has 28 heavy (non-hydrogen) atoms. The summed E-state index contributed by atoms with van der Waals surface area (Å²) >= 11 is 1.27. The van der Waals surface area contributed by atoms with Gasteiger partial charge in [-0.2, -0.15) is 0 Å². The highest BCUT2D eigenvalue weighted by Gasteiger charge is 2.15. The van der Waals surface area contributed by atoms with Gasteiger partial charge >= 0.3 is 0 Å². The maximum Gasteiger partial charge on any atom is 0.275 e. The smallest absolute Gasteiger partial charge is 0.275 e. The number of nitrogens with two attached hydrogens (primary N) is 1. The van der Waals surface area contributed by atoms with Crippen LogP contribution >= 0.6 is 11.3 Å². The van der Waals surface area contributed by atoms with Crippen LogP contribution in [-0.4, -0.2) is 26.1 Å². The number of amides is 1. The van der Waals surface area contributed by atoms with E-state index < -0.39 is 15.9 Å². The number of benzene rings is 2. The summed E-state index contributed by atoms with van der Waals surface area (Å²) < 4.78 is 33.1. The molecular formula is C17H14N4O5S2. The second kappa shape index (κ2) is 7.11. The largest absolute Gasteiger partial charge is 0.454 e. The van der Waals surface area contributed by atoms with Gasteiger partial charge in [0.05, 0.1) is 4.90 Å². The molecule has 0 bridgehead atoms. The van der Waals surface area contributed by atoms with Crippen LogP contribution in [-0.2, 0) is 10.0 Å². The van der Waals surface area contributed by atoms with Gasteiger partial charge in [-0.1, -0.05) is 0 Å². The number of fused-ring (bicyclic) bond motifs is 1. The summed E-state index contributed by atoms with van der Waals surface area (Å²) in [5, 5.41) is 13.0. The van der Waals surface area contributed by atoms with Crippen LogP contribution in [0.3, 0.4) is 0 Å². The van der Waals surface area contributed by atoms with Gasteiger partial charge in [0.1, 0.15) is 5.69 Å². The van der Waals surface area contributed by atoms with Crippen LogP contribution in [0.25, 0.3) is 0 Å². The van der Waals surface area contributed by atoms with E-state index in [1.165, 1.54) is 35.6 Å². The number of hydrogen-bond donors (Lipinski definition) is 3. The lowest BCUT2D eigenvalue weighted by Gasteiger charge is -2.05. The predicted molar refractivity (Wildman–Crippen MR) is 104 cm³/mol. The first-order valence-electron chi connectivity index (χ1n) is 7.95. The van der Waals surface area contributed by atoms with Crippen molar-refractivity contribution in [3.8, 4) is 11.5 Å². The van der Waals surface area contributed by atoms with Crippen molar-refractivity contribution < 1.29 is 22.7 Å². The molecule has 11 heteroatoms. The zero-order valence-electron chi connectivity index (χ0n) is 14.2. The fourth-order valence-corrected chi connectivity index (χ4v) is 3.68. The topological polar surface area (TPSA) is 133 Å². The number of nitrogens with one attached hydrogen (secondary N) is 2. The molecule has 0 saturated heterocycles. The molecule has 0 atom stereocenters. The molecule has 0 unspecified atom stereocenters. The summed E-state index contributed by atoms with van der Waals surface area (Å²) in [6.45, 7) is 0.193. The van der Waals surface area contributed by atoms with E-state index >= 15 is 0 Å². The Balaban J connectivity index is 1.43. The van der Waals surface area contributed by atoms with Gasteiger partial charge in [0, 0.05) is 22.8 Å². The van der Waals surface area contributed by atoms with Gasteiger partial charge in [0.2, 0.25) is 16.8 Å². The highest BCUT2D eigenvalue weighted by molar-refractivity contribution is 7.89. The average molecular weight is 418 g/mol. The number of carbonyl (C=O) groups excluding carboxylic acids is 1. The van der Waals surface area contributed by atoms with Crippen LogP contribution in [0, 0.1) is 0 Å². The normalized spacial score (nSPS) is 12.6. The quantitative estimate of drug-likeness (QED) is 0.580. The minimum atomic E-state index is -3.78. The van der Waals surface area contributed by atoms with Crippen LogP contribution in [0.2, 0.25) is 0 Å². The first kappa shape index (κ1) is 18.2. The Kier molecular flexibility index (Phi) is 4.63. The van der Waals surface area contributed by atoms with E-state index in [1.807, 2.05) is 6.07 Å². The van der Waals surface area contributed by atoms with E-state index in [9.17, 15) is 13.2 Å². The number of ether oxygens (including phenoxy) is 2. The van der Waals surface area contributed by atoms with Crippen LogP contribution in [0.15, 0.2) is 52.7 Å². The Morgan fingerprint density at radius 3 is 2.54 bits per heavy atom. The Bertz CT molecular complexity index is 1140. The van der Waals surface area contributed by atoms with Crippen molar-refractivity contribution in [3.63, 3.8) is 0 Å². The molecule has 0 aliphatic carbocycles. The fourth-order valence-electron chi connectivity index (χ4n) is 2.46. The molecule has 1 aromatic heterocycles. The van der Waals surface area contributed by atoms with Gasteiger partial charge in [-0.15, -0.1) is 11.3 Å². The molecule has 0 fully saturated rings. The average Bonchev–Trinajstić information content (AvgIpc) is 3.30. The number of thiazole rings is 1. The first-order chi connectivity index (χ1) is 13.4. The molecule has 2 heterocycles. The van der Waals surface area contributed by atoms with Crippen molar-refractivity contribution in [2.45, 2.75) is 4.90 Å². The second-order valence-corrected chi connectivity index (χ2v) is 8.17. The summed E-state index contributed by atoms with van der Waals surface area (Å²) in [4.78, 5) is 16.6. The van der Waals surface area contributed by atoms with Crippen LogP contribution in [0.5, 0.6) is 11.5 Å². The number of primary sulfonamides is 1. The Morgan fingerprint density at radius 2 is 1.79 bits per heavy atom. The SMILES string of the molecule is NS(=O)(=O)c1ccc(NC(=O)c2csc(Nc3ccc4c(c3)OCO4)n2)cc1. The van der Waals surface area contributed by atoms with Crippen molar-refractivity contribution in [3.05, 3.63) is 53.5 Å². The summed E-state index contributed by atoms with van der Waals surface area (Å²) in [5.41, 5.74) is 1.41. The third-order valence-electron chi connectivity index (χ3n) is 3.80. The van der Waals surface area contributed by atoms with Gasteiger partial charge < -0.3 is 20.1 Å². The van der Waals surface area contributed by atoms with Crippen LogP contribution in [0.1, 0.15) is 10.5 Å². The molecule has 3 aromatic rings. The molecule has 0 radical (unpaired) electrons. The van der Waals surface area contributed by atoms with E-state index in [2.05, 4.69) is 15.6 Å². The first-order valence-corrected chi connectivity index (χ1v) is 10.4. The number of sulfonamides is 1. The Hall–Kier alpha value is -3.15. The zero-order valence-corrected chi connectivity index (χ0v) is 15.8. The maximum atomic E-state index is 12.3. The van der Waals surface area contributed by atoms with E-state index in [1.54, 1.807) is 17.5 Å². The Labute approximate surface area is 164 Å². The fraction of sp³-hybridized carbons (Fsp3) is 0.0588. The van der Waals surface area contributed by atoms with Crippen molar-refractivity contribution in [2.75, 3.05) is 17.4 Å². The molecule has 0 saturated carbocycles. The van der Waals surface area contributed by atoms with Gasteiger partial charge in [0.25, 0.3) is 5.91 Å². The van der Waals surface area contributed by atoms with Gasteiger partial charge in [-0.3, -0.25) is 4.79 Å².